The van der Waals surface area contributed by atoms with Gasteiger partial charge in [-0.1, -0.05) is 12.0 Å². The largest absolute Gasteiger partial charge is 0.399 e. The van der Waals surface area contributed by atoms with Gasteiger partial charge in [0.2, 0.25) is 11.9 Å². The molecule has 0 radical (unpaired) electrons. The summed E-state index contributed by atoms with van der Waals surface area (Å²) in [6, 6.07) is 0.0359. The van der Waals surface area contributed by atoms with Gasteiger partial charge in [0, 0.05) is 26.1 Å². The van der Waals surface area contributed by atoms with Gasteiger partial charge in [-0.3, -0.25) is 10.1 Å². The molecule has 0 aliphatic carbocycles. The molecule has 0 saturated heterocycles. The molecule has 1 amide bonds. The lowest BCUT2D eigenvalue weighted by Gasteiger charge is -2.11. The van der Waals surface area contributed by atoms with Crippen LogP contribution < -0.4 is 16.0 Å². The number of amides is 1. The van der Waals surface area contributed by atoms with Crippen LogP contribution in [0, 0.1) is 0 Å². The van der Waals surface area contributed by atoms with Crippen LogP contribution in [-0.4, -0.2) is 69.7 Å². The van der Waals surface area contributed by atoms with Gasteiger partial charge in [-0.2, -0.15) is 15.0 Å². The Bertz CT molecular complexity index is 701. The Morgan fingerprint density at radius 3 is 2.56 bits per heavy atom. The molecule has 0 aliphatic rings. The van der Waals surface area contributed by atoms with Crippen LogP contribution in [0.2, 0.25) is 0 Å². The molecule has 0 atom stereocenters. The minimum absolute atomic E-state index is 0.0359. The normalized spacial score (nSPS) is 10.8. The summed E-state index contributed by atoms with van der Waals surface area (Å²) in [5.74, 6) is 0.788. The number of carbonyl (C=O) groups excluding carboxylic acids is 1. The van der Waals surface area contributed by atoms with Crippen molar-refractivity contribution in [2.24, 2.45) is 0 Å². The molecule has 2 heterocycles. The highest BCUT2D eigenvalue weighted by molar-refractivity contribution is 5.89. The first-order chi connectivity index (χ1) is 12.0. The molecule has 0 aliphatic heterocycles. The van der Waals surface area contributed by atoms with Crippen LogP contribution in [0.4, 0.5) is 17.9 Å². The standard InChI is InChI=1S/C14H23N9O2/c1-5-9-17-12(16-7-8-23(3)4)19-13(18-9)20-14-22-21-11(25-14)10(24)15-6-2/h5-8H2,1-4H3,(H,15,24)(H2,16,17,18,19,20,22). The number of likely N-dealkylation sites (N-methyl/N-ethyl adjacent to an activating group) is 1. The van der Waals surface area contributed by atoms with Gasteiger partial charge in [-0.05, 0) is 21.0 Å². The van der Waals surface area contributed by atoms with Crippen LogP contribution in [0.25, 0.3) is 0 Å². The molecule has 136 valence electrons. The van der Waals surface area contributed by atoms with Crippen molar-refractivity contribution in [3.8, 4) is 0 Å². The maximum Gasteiger partial charge on any atom is 0.322 e. The van der Waals surface area contributed by atoms with E-state index in [0.29, 0.717) is 31.3 Å². The minimum Gasteiger partial charge on any atom is -0.399 e. The highest BCUT2D eigenvalue weighted by Crippen LogP contribution is 2.13. The number of carbonyl (C=O) groups is 1. The van der Waals surface area contributed by atoms with Gasteiger partial charge in [0.25, 0.3) is 0 Å². The van der Waals surface area contributed by atoms with Gasteiger partial charge in [-0.15, -0.1) is 5.10 Å². The number of anilines is 3. The Balaban J connectivity index is 2.09. The van der Waals surface area contributed by atoms with Gasteiger partial charge in [-0.25, -0.2) is 0 Å². The molecular formula is C14H23N9O2. The summed E-state index contributed by atoms with van der Waals surface area (Å²) >= 11 is 0. The van der Waals surface area contributed by atoms with Gasteiger partial charge >= 0.3 is 17.8 Å². The van der Waals surface area contributed by atoms with Gasteiger partial charge in [0.15, 0.2) is 0 Å². The molecule has 0 fully saturated rings. The van der Waals surface area contributed by atoms with Crippen LogP contribution in [0.3, 0.4) is 0 Å². The fourth-order valence-corrected chi connectivity index (χ4v) is 1.80. The third-order valence-corrected chi connectivity index (χ3v) is 3.02. The molecule has 25 heavy (non-hydrogen) atoms. The van der Waals surface area contributed by atoms with Crippen molar-refractivity contribution in [2.75, 3.05) is 44.4 Å². The number of hydrogen-bond donors (Lipinski definition) is 3. The Kier molecular flexibility index (Phi) is 6.57. The zero-order valence-corrected chi connectivity index (χ0v) is 14.8. The zero-order valence-electron chi connectivity index (χ0n) is 14.8. The number of aromatic nitrogens is 5. The summed E-state index contributed by atoms with van der Waals surface area (Å²) in [6.45, 7) is 5.76. The van der Waals surface area contributed by atoms with E-state index in [0.717, 1.165) is 6.54 Å². The summed E-state index contributed by atoms with van der Waals surface area (Å²) in [6.07, 6.45) is 0.646. The van der Waals surface area contributed by atoms with E-state index in [2.05, 4.69) is 46.0 Å². The van der Waals surface area contributed by atoms with Crippen LogP contribution in [0.1, 0.15) is 30.4 Å². The Hall–Kier alpha value is -2.82. The van der Waals surface area contributed by atoms with Crippen LogP contribution >= 0.6 is 0 Å². The third kappa shape index (κ3) is 5.64. The van der Waals surface area contributed by atoms with Crippen molar-refractivity contribution in [3.63, 3.8) is 0 Å². The molecule has 11 nitrogen and oxygen atoms in total. The van der Waals surface area contributed by atoms with E-state index in [4.69, 9.17) is 4.42 Å². The molecule has 0 saturated carbocycles. The van der Waals surface area contributed by atoms with Gasteiger partial charge in [0.1, 0.15) is 5.82 Å². The molecule has 2 aromatic rings. The number of hydrogen-bond acceptors (Lipinski definition) is 10. The zero-order chi connectivity index (χ0) is 18.2. The first kappa shape index (κ1) is 18.5. The predicted octanol–water partition coefficient (Wildman–Crippen LogP) is 0.284. The first-order valence-electron chi connectivity index (χ1n) is 8.04. The van der Waals surface area contributed by atoms with E-state index in [1.54, 1.807) is 6.92 Å². The van der Waals surface area contributed by atoms with E-state index in [-0.39, 0.29) is 17.9 Å². The fourth-order valence-electron chi connectivity index (χ4n) is 1.80. The monoisotopic (exact) mass is 349 g/mol. The lowest BCUT2D eigenvalue weighted by atomic mass is 10.4. The molecule has 0 bridgehead atoms. The van der Waals surface area contributed by atoms with E-state index in [1.165, 1.54) is 0 Å². The van der Waals surface area contributed by atoms with Crippen molar-refractivity contribution < 1.29 is 9.21 Å². The lowest BCUT2D eigenvalue weighted by molar-refractivity contribution is 0.0922. The molecule has 2 rings (SSSR count). The molecule has 2 aromatic heterocycles. The Labute approximate surface area is 145 Å². The van der Waals surface area contributed by atoms with E-state index >= 15 is 0 Å². The fraction of sp³-hybridized carbons (Fsp3) is 0.571. The second kappa shape index (κ2) is 8.87. The summed E-state index contributed by atoms with van der Waals surface area (Å²) in [5.41, 5.74) is 0. The van der Waals surface area contributed by atoms with Gasteiger partial charge in [0.05, 0.1) is 0 Å². The maximum absolute atomic E-state index is 11.6. The number of nitrogens with one attached hydrogen (secondary N) is 3. The molecular weight excluding hydrogens is 326 g/mol. The molecule has 11 heteroatoms. The highest BCUT2D eigenvalue weighted by atomic mass is 16.4. The van der Waals surface area contributed by atoms with Crippen LogP contribution in [0.15, 0.2) is 4.42 Å². The number of nitrogens with zero attached hydrogens (tertiary/aromatic N) is 6. The average molecular weight is 349 g/mol. The van der Waals surface area contributed by atoms with Crippen LogP contribution in [0.5, 0.6) is 0 Å². The van der Waals surface area contributed by atoms with Crippen molar-refractivity contribution in [2.45, 2.75) is 20.3 Å². The predicted molar refractivity (Wildman–Crippen MR) is 91.8 cm³/mol. The topological polar surface area (TPSA) is 134 Å². The molecule has 0 spiro atoms. The van der Waals surface area contributed by atoms with E-state index in [9.17, 15) is 4.79 Å². The number of rotatable bonds is 9. The van der Waals surface area contributed by atoms with Gasteiger partial charge < -0.3 is 20.0 Å². The van der Waals surface area contributed by atoms with Crippen molar-refractivity contribution >= 4 is 23.8 Å². The SMILES string of the molecule is CCNC(=O)c1nnc(Nc2nc(CC)nc(NCCN(C)C)n2)o1. The minimum atomic E-state index is -0.431. The Morgan fingerprint density at radius 1 is 1.12 bits per heavy atom. The quantitative estimate of drug-likeness (QED) is 0.579. The molecule has 3 N–H and O–H groups in total. The van der Waals surface area contributed by atoms with E-state index < -0.39 is 5.91 Å². The van der Waals surface area contributed by atoms with Crippen molar-refractivity contribution in [1.82, 2.24) is 35.4 Å². The first-order valence-corrected chi connectivity index (χ1v) is 8.04. The molecule has 0 unspecified atom stereocenters. The second-order valence-electron chi connectivity index (χ2n) is 5.38. The van der Waals surface area contributed by atoms with Crippen molar-refractivity contribution in [1.29, 1.82) is 0 Å². The average Bonchev–Trinajstić information content (AvgIpc) is 3.03. The summed E-state index contributed by atoms with van der Waals surface area (Å²) in [7, 11) is 3.97. The molecule has 0 aromatic carbocycles. The Morgan fingerprint density at radius 2 is 1.88 bits per heavy atom. The maximum atomic E-state index is 11.6. The summed E-state index contributed by atoms with van der Waals surface area (Å²) in [4.78, 5) is 26.6. The second-order valence-corrected chi connectivity index (χ2v) is 5.38. The highest BCUT2D eigenvalue weighted by Gasteiger charge is 2.15. The number of aryl methyl sites for hydroxylation is 1. The van der Waals surface area contributed by atoms with Crippen molar-refractivity contribution in [3.05, 3.63) is 11.7 Å². The summed E-state index contributed by atoms with van der Waals surface area (Å²) in [5, 5.41) is 16.0. The third-order valence-electron chi connectivity index (χ3n) is 3.02. The lowest BCUT2D eigenvalue weighted by Crippen LogP contribution is -2.22. The van der Waals surface area contributed by atoms with Crippen LogP contribution in [-0.2, 0) is 6.42 Å². The summed E-state index contributed by atoms with van der Waals surface area (Å²) < 4.78 is 5.26. The van der Waals surface area contributed by atoms with E-state index in [1.807, 2.05) is 21.0 Å². The smallest absolute Gasteiger partial charge is 0.322 e.